The van der Waals surface area contributed by atoms with Crippen LogP contribution in [0.5, 0.6) is 0 Å². The van der Waals surface area contributed by atoms with Gasteiger partial charge in [0.1, 0.15) is 17.2 Å². The molecule has 0 unspecified atom stereocenters. The number of urea groups is 1. The number of amides is 3. The Hall–Kier alpha value is -2.03. The molecule has 3 rings (SSSR count). The first kappa shape index (κ1) is 15.9. The molecule has 2 aliphatic heterocycles. The molecule has 1 N–H and O–H groups in total. The maximum Gasteiger partial charge on any atom is 0.325 e. The third-order valence-electron chi connectivity index (χ3n) is 4.27. The summed E-state index contributed by atoms with van der Waals surface area (Å²) in [5.74, 6) is -2.54. The van der Waals surface area contributed by atoms with Crippen LogP contribution in [-0.2, 0) is 21.2 Å². The van der Waals surface area contributed by atoms with Crippen molar-refractivity contribution in [3.8, 4) is 0 Å². The molecule has 0 aromatic heterocycles. The molecule has 2 fully saturated rings. The van der Waals surface area contributed by atoms with E-state index < -0.39 is 38.9 Å². The Kier molecular flexibility index (Phi) is 3.62. The van der Waals surface area contributed by atoms with Crippen molar-refractivity contribution >= 4 is 21.8 Å². The van der Waals surface area contributed by atoms with Crippen molar-refractivity contribution in [1.82, 2.24) is 10.2 Å². The average molecular weight is 344 g/mol. The van der Waals surface area contributed by atoms with Gasteiger partial charge in [-0.2, -0.15) is 0 Å². The third-order valence-corrected chi connectivity index (χ3v) is 5.92. The van der Waals surface area contributed by atoms with Crippen LogP contribution in [-0.4, -0.2) is 42.3 Å². The first-order chi connectivity index (χ1) is 10.7. The Bertz CT molecular complexity index is 780. The number of rotatable bonds is 2. The largest absolute Gasteiger partial charge is 0.325 e. The van der Waals surface area contributed by atoms with E-state index in [1.54, 1.807) is 0 Å². The van der Waals surface area contributed by atoms with Gasteiger partial charge >= 0.3 is 6.03 Å². The summed E-state index contributed by atoms with van der Waals surface area (Å²) in [4.78, 5) is 25.4. The summed E-state index contributed by atoms with van der Waals surface area (Å²) in [6.45, 7) is -0.328. The van der Waals surface area contributed by atoms with Crippen LogP contribution in [0.2, 0.25) is 0 Å². The van der Waals surface area contributed by atoms with Crippen molar-refractivity contribution in [3.05, 3.63) is 35.4 Å². The van der Waals surface area contributed by atoms with Crippen molar-refractivity contribution in [3.63, 3.8) is 0 Å². The summed E-state index contributed by atoms with van der Waals surface area (Å²) in [5.41, 5.74) is -1.23. The van der Waals surface area contributed by atoms with Gasteiger partial charge in [-0.15, -0.1) is 0 Å². The molecule has 1 spiro atoms. The summed E-state index contributed by atoms with van der Waals surface area (Å²) >= 11 is 0. The molecule has 1 aromatic rings. The van der Waals surface area contributed by atoms with Crippen LogP contribution in [0.25, 0.3) is 0 Å². The second kappa shape index (κ2) is 5.26. The van der Waals surface area contributed by atoms with Crippen molar-refractivity contribution in [2.75, 3.05) is 11.5 Å². The smallest absolute Gasteiger partial charge is 0.323 e. The van der Waals surface area contributed by atoms with Gasteiger partial charge in [0.25, 0.3) is 5.91 Å². The monoisotopic (exact) mass is 344 g/mol. The highest BCUT2D eigenvalue weighted by atomic mass is 32.2. The van der Waals surface area contributed by atoms with E-state index in [1.807, 2.05) is 0 Å². The van der Waals surface area contributed by atoms with Crippen molar-refractivity contribution in [2.45, 2.75) is 24.9 Å². The molecule has 23 heavy (non-hydrogen) atoms. The van der Waals surface area contributed by atoms with Gasteiger partial charge in [-0.1, -0.05) is 6.07 Å². The minimum absolute atomic E-state index is 0.00229. The minimum atomic E-state index is -3.20. The van der Waals surface area contributed by atoms with Crippen molar-refractivity contribution in [1.29, 1.82) is 0 Å². The topological polar surface area (TPSA) is 83.5 Å². The number of sulfone groups is 1. The van der Waals surface area contributed by atoms with Crippen LogP contribution in [0.15, 0.2) is 18.2 Å². The van der Waals surface area contributed by atoms with Gasteiger partial charge in [0, 0.05) is 11.6 Å². The molecule has 0 aliphatic carbocycles. The Morgan fingerprint density at radius 1 is 1.17 bits per heavy atom. The summed E-state index contributed by atoms with van der Waals surface area (Å²) in [5, 5.41) is 2.53. The van der Waals surface area contributed by atoms with E-state index in [9.17, 15) is 26.8 Å². The average Bonchev–Trinajstić information content (AvgIpc) is 2.70. The quantitative estimate of drug-likeness (QED) is 0.810. The summed E-state index contributed by atoms with van der Waals surface area (Å²) < 4.78 is 49.6. The molecular formula is C14H14F2N2O4S. The van der Waals surface area contributed by atoms with Crippen LogP contribution in [0.1, 0.15) is 18.4 Å². The molecule has 9 heteroatoms. The van der Waals surface area contributed by atoms with E-state index in [0.29, 0.717) is 6.07 Å². The van der Waals surface area contributed by atoms with Crippen molar-refractivity contribution in [2.24, 2.45) is 0 Å². The Morgan fingerprint density at radius 2 is 1.83 bits per heavy atom. The summed E-state index contributed by atoms with van der Waals surface area (Å²) in [6, 6.07) is 2.19. The maximum atomic E-state index is 13.7. The van der Waals surface area contributed by atoms with E-state index >= 15 is 0 Å². The molecule has 124 valence electrons. The first-order valence-electron chi connectivity index (χ1n) is 7.01. The minimum Gasteiger partial charge on any atom is -0.323 e. The standard InChI is InChI=1S/C14H14F2N2O4S/c15-10-2-1-9(11(16)7-10)8-18-12(19)14(17-13(18)20)3-5-23(21,22)6-4-14/h1-2,7H,3-6,8H2,(H,17,20). The summed E-state index contributed by atoms with van der Waals surface area (Å²) in [7, 11) is -3.20. The zero-order valence-corrected chi connectivity index (χ0v) is 12.8. The fraction of sp³-hybridized carbons (Fsp3) is 0.429. The van der Waals surface area contributed by atoms with E-state index in [2.05, 4.69) is 5.32 Å². The van der Waals surface area contributed by atoms with Gasteiger partial charge < -0.3 is 5.32 Å². The van der Waals surface area contributed by atoms with Crippen LogP contribution in [0, 0.1) is 11.6 Å². The van der Waals surface area contributed by atoms with Gasteiger partial charge in [-0.05, 0) is 18.9 Å². The van der Waals surface area contributed by atoms with Gasteiger partial charge in [0.05, 0.1) is 18.1 Å². The molecule has 0 bridgehead atoms. The van der Waals surface area contributed by atoms with Crippen LogP contribution < -0.4 is 5.32 Å². The van der Waals surface area contributed by atoms with E-state index in [0.717, 1.165) is 11.0 Å². The van der Waals surface area contributed by atoms with Gasteiger partial charge in [-0.3, -0.25) is 9.69 Å². The molecule has 0 atom stereocenters. The lowest BCUT2D eigenvalue weighted by atomic mass is 9.92. The molecule has 3 amide bonds. The maximum absolute atomic E-state index is 13.7. The Balaban J connectivity index is 1.82. The van der Waals surface area contributed by atoms with Gasteiger partial charge in [-0.25, -0.2) is 22.0 Å². The molecule has 2 heterocycles. The number of halogens is 2. The third kappa shape index (κ3) is 2.80. The zero-order chi connectivity index (χ0) is 16.8. The fourth-order valence-corrected chi connectivity index (χ4v) is 4.39. The predicted octanol–water partition coefficient (Wildman–Crippen LogP) is 0.964. The van der Waals surface area contributed by atoms with Crippen LogP contribution in [0.3, 0.4) is 0 Å². The number of nitrogens with one attached hydrogen (secondary N) is 1. The highest BCUT2D eigenvalue weighted by Gasteiger charge is 2.53. The molecular weight excluding hydrogens is 330 g/mol. The Labute approximate surface area is 131 Å². The van der Waals surface area contributed by atoms with E-state index in [4.69, 9.17) is 0 Å². The van der Waals surface area contributed by atoms with E-state index in [1.165, 1.54) is 6.07 Å². The first-order valence-corrected chi connectivity index (χ1v) is 8.83. The van der Waals surface area contributed by atoms with Gasteiger partial charge in [0.2, 0.25) is 0 Å². The van der Waals surface area contributed by atoms with Crippen LogP contribution >= 0.6 is 0 Å². The lowest BCUT2D eigenvalue weighted by Gasteiger charge is -2.30. The number of hydrogen-bond acceptors (Lipinski definition) is 4. The number of carbonyl (C=O) groups excluding carboxylic acids is 2. The molecule has 2 aliphatic rings. The second-order valence-corrected chi connectivity index (χ2v) is 8.09. The molecule has 0 radical (unpaired) electrons. The SMILES string of the molecule is O=C1NC2(CCS(=O)(=O)CC2)C(=O)N1Cc1ccc(F)cc1F. The number of carbonyl (C=O) groups is 2. The fourth-order valence-electron chi connectivity index (χ4n) is 2.87. The molecule has 0 saturated carbocycles. The number of imide groups is 1. The predicted molar refractivity (Wildman–Crippen MR) is 76.1 cm³/mol. The zero-order valence-electron chi connectivity index (χ0n) is 12.0. The van der Waals surface area contributed by atoms with Gasteiger partial charge in [0.15, 0.2) is 9.84 Å². The lowest BCUT2D eigenvalue weighted by molar-refractivity contribution is -0.132. The number of benzene rings is 1. The van der Waals surface area contributed by atoms with Crippen molar-refractivity contribution < 1.29 is 26.8 Å². The lowest BCUT2D eigenvalue weighted by Crippen LogP contribution is -2.52. The van der Waals surface area contributed by atoms with Crippen LogP contribution in [0.4, 0.5) is 13.6 Å². The second-order valence-electron chi connectivity index (χ2n) is 5.79. The summed E-state index contributed by atoms with van der Waals surface area (Å²) in [6.07, 6.45) is 0.00458. The highest BCUT2D eigenvalue weighted by Crippen LogP contribution is 2.31. The normalized spacial score (nSPS) is 22.4. The molecule has 1 aromatic carbocycles. The number of nitrogens with zero attached hydrogens (tertiary/aromatic N) is 1. The molecule has 6 nitrogen and oxygen atoms in total. The van der Waals surface area contributed by atoms with E-state index in [-0.39, 0.29) is 36.5 Å². The Morgan fingerprint density at radius 3 is 2.43 bits per heavy atom. The number of hydrogen-bond donors (Lipinski definition) is 1. The highest BCUT2D eigenvalue weighted by molar-refractivity contribution is 7.91. The molecule has 2 saturated heterocycles.